The summed E-state index contributed by atoms with van der Waals surface area (Å²) in [5.74, 6) is 0.789. The monoisotopic (exact) mass is 272 g/mol. The summed E-state index contributed by atoms with van der Waals surface area (Å²) >= 11 is 0. The molecule has 2 unspecified atom stereocenters. The van der Waals surface area contributed by atoms with Crippen molar-refractivity contribution in [1.82, 2.24) is 9.78 Å². The van der Waals surface area contributed by atoms with E-state index in [1.54, 1.807) is 7.11 Å². The molecule has 0 saturated heterocycles. The molecule has 0 bridgehead atoms. The Morgan fingerprint density at radius 1 is 1.30 bits per heavy atom. The predicted octanol–water partition coefficient (Wildman–Crippen LogP) is 2.73. The van der Waals surface area contributed by atoms with E-state index in [-0.39, 0.29) is 6.04 Å². The van der Waals surface area contributed by atoms with Gasteiger partial charge in [-0.2, -0.15) is 5.10 Å². The van der Waals surface area contributed by atoms with Crippen molar-refractivity contribution in [2.45, 2.75) is 38.8 Å². The molecule has 20 heavy (non-hydrogen) atoms. The minimum Gasteiger partial charge on any atom is -0.497 e. The number of fused-ring (bicyclic) bond motifs is 1. The summed E-state index contributed by atoms with van der Waals surface area (Å²) in [5, 5.41) is 15.2. The number of nitrogens with zero attached hydrogens (tertiary/aromatic N) is 2. The lowest BCUT2D eigenvalue weighted by molar-refractivity contribution is 0.0906. The second-order valence-electron chi connectivity index (χ2n) is 5.49. The first-order chi connectivity index (χ1) is 9.60. The van der Waals surface area contributed by atoms with Crippen molar-refractivity contribution in [2.24, 2.45) is 0 Å². The van der Waals surface area contributed by atoms with E-state index in [1.165, 1.54) is 5.56 Å². The van der Waals surface area contributed by atoms with E-state index in [4.69, 9.17) is 4.74 Å². The van der Waals surface area contributed by atoms with Crippen molar-refractivity contribution >= 4 is 0 Å². The Labute approximate surface area is 119 Å². The number of hydrogen-bond acceptors (Lipinski definition) is 3. The number of aryl methyl sites for hydroxylation is 3. The van der Waals surface area contributed by atoms with Gasteiger partial charge in [-0.25, -0.2) is 0 Å². The third kappa shape index (κ3) is 2.10. The molecule has 0 amide bonds. The van der Waals surface area contributed by atoms with Gasteiger partial charge in [-0.1, -0.05) is 6.07 Å². The van der Waals surface area contributed by atoms with Gasteiger partial charge in [0.25, 0.3) is 0 Å². The zero-order chi connectivity index (χ0) is 14.3. The molecular formula is C16H20N2O2. The first kappa shape index (κ1) is 13.2. The van der Waals surface area contributed by atoms with Crippen LogP contribution in [0.4, 0.5) is 0 Å². The highest BCUT2D eigenvalue weighted by molar-refractivity contribution is 5.39. The van der Waals surface area contributed by atoms with Crippen LogP contribution in [0.2, 0.25) is 0 Å². The molecule has 0 radical (unpaired) electrons. The van der Waals surface area contributed by atoms with Gasteiger partial charge < -0.3 is 9.84 Å². The number of rotatable bonds is 2. The van der Waals surface area contributed by atoms with Gasteiger partial charge in [0.2, 0.25) is 0 Å². The highest BCUT2D eigenvalue weighted by atomic mass is 16.5. The summed E-state index contributed by atoms with van der Waals surface area (Å²) in [5.41, 5.74) is 4.26. The summed E-state index contributed by atoms with van der Waals surface area (Å²) in [6.07, 6.45) is 1.33. The number of aromatic nitrogens is 2. The summed E-state index contributed by atoms with van der Waals surface area (Å²) in [4.78, 5) is 0. The van der Waals surface area contributed by atoms with Crippen LogP contribution in [0.5, 0.6) is 5.75 Å². The molecule has 0 aliphatic heterocycles. The summed E-state index contributed by atoms with van der Waals surface area (Å²) in [6, 6.07) is 8.00. The molecule has 2 aromatic rings. The van der Waals surface area contributed by atoms with Gasteiger partial charge >= 0.3 is 0 Å². The van der Waals surface area contributed by atoms with E-state index in [0.29, 0.717) is 0 Å². The Balaban J connectivity index is 1.99. The average molecular weight is 272 g/mol. The number of hydrogen-bond donors (Lipinski definition) is 1. The van der Waals surface area contributed by atoms with Gasteiger partial charge in [0.05, 0.1) is 18.8 Å². The SMILES string of the molecule is COc1ccc2c(c1)C(O)C(n1nc(C)cc1C)CC2. The van der Waals surface area contributed by atoms with Gasteiger partial charge in [-0.3, -0.25) is 4.68 Å². The fourth-order valence-electron chi connectivity index (χ4n) is 3.11. The third-order valence-electron chi connectivity index (χ3n) is 4.10. The minimum absolute atomic E-state index is 0.00306. The number of methoxy groups -OCH3 is 1. The lowest BCUT2D eigenvalue weighted by Gasteiger charge is -2.31. The molecule has 1 aromatic carbocycles. The van der Waals surface area contributed by atoms with Crippen LogP contribution in [-0.4, -0.2) is 22.0 Å². The summed E-state index contributed by atoms with van der Waals surface area (Å²) in [6.45, 7) is 4.02. The number of ether oxygens (including phenoxy) is 1. The molecule has 3 rings (SSSR count). The quantitative estimate of drug-likeness (QED) is 0.914. The molecule has 2 atom stereocenters. The summed E-state index contributed by atoms with van der Waals surface area (Å²) < 4.78 is 7.22. The van der Waals surface area contributed by atoms with Crippen LogP contribution in [0.25, 0.3) is 0 Å². The standard InChI is InChI=1S/C16H20N2O2/c1-10-8-11(2)18(17-10)15-7-5-12-4-6-13(20-3)9-14(12)16(15)19/h4,6,8-9,15-16,19H,5,7H2,1-3H3. The van der Waals surface area contributed by atoms with Crippen molar-refractivity contribution in [3.05, 3.63) is 46.8 Å². The molecule has 1 aliphatic rings. The second kappa shape index (κ2) is 4.94. The number of aliphatic hydroxyl groups is 1. The molecule has 0 spiro atoms. The third-order valence-corrected chi connectivity index (χ3v) is 4.10. The number of aliphatic hydroxyl groups excluding tert-OH is 1. The lowest BCUT2D eigenvalue weighted by Crippen LogP contribution is -2.25. The van der Waals surface area contributed by atoms with Crippen LogP contribution in [0.1, 0.15) is 41.1 Å². The highest BCUT2D eigenvalue weighted by Gasteiger charge is 2.30. The Morgan fingerprint density at radius 3 is 2.75 bits per heavy atom. The lowest BCUT2D eigenvalue weighted by atomic mass is 9.85. The average Bonchev–Trinajstić information content (AvgIpc) is 2.78. The Kier molecular flexibility index (Phi) is 3.26. The van der Waals surface area contributed by atoms with E-state index in [1.807, 2.05) is 36.7 Å². The largest absolute Gasteiger partial charge is 0.497 e. The van der Waals surface area contributed by atoms with Crippen LogP contribution in [0.15, 0.2) is 24.3 Å². The minimum atomic E-state index is -0.535. The highest BCUT2D eigenvalue weighted by Crippen LogP contribution is 2.39. The van der Waals surface area contributed by atoms with Crippen molar-refractivity contribution in [2.75, 3.05) is 7.11 Å². The van der Waals surface area contributed by atoms with Crippen molar-refractivity contribution in [3.8, 4) is 5.75 Å². The molecule has 1 aromatic heterocycles. The van der Waals surface area contributed by atoms with Crippen molar-refractivity contribution in [1.29, 1.82) is 0 Å². The van der Waals surface area contributed by atoms with E-state index in [2.05, 4.69) is 11.2 Å². The van der Waals surface area contributed by atoms with Crippen LogP contribution in [-0.2, 0) is 6.42 Å². The van der Waals surface area contributed by atoms with E-state index < -0.39 is 6.10 Å². The molecule has 1 aliphatic carbocycles. The van der Waals surface area contributed by atoms with Gasteiger partial charge in [0.15, 0.2) is 0 Å². The normalized spacial score (nSPS) is 21.6. The number of benzene rings is 1. The van der Waals surface area contributed by atoms with Crippen LogP contribution in [0, 0.1) is 13.8 Å². The van der Waals surface area contributed by atoms with Crippen LogP contribution in [0.3, 0.4) is 0 Å². The maximum Gasteiger partial charge on any atom is 0.119 e. The summed E-state index contributed by atoms with van der Waals surface area (Å²) in [7, 11) is 1.65. The van der Waals surface area contributed by atoms with Crippen LogP contribution < -0.4 is 4.74 Å². The fourth-order valence-corrected chi connectivity index (χ4v) is 3.11. The van der Waals surface area contributed by atoms with Gasteiger partial charge in [-0.05, 0) is 56.0 Å². The maximum absolute atomic E-state index is 10.7. The Bertz CT molecular complexity index is 633. The molecule has 106 valence electrons. The predicted molar refractivity (Wildman–Crippen MR) is 77.0 cm³/mol. The smallest absolute Gasteiger partial charge is 0.119 e. The van der Waals surface area contributed by atoms with Gasteiger partial charge in [-0.15, -0.1) is 0 Å². The molecule has 1 heterocycles. The van der Waals surface area contributed by atoms with Gasteiger partial charge in [0.1, 0.15) is 11.9 Å². The topological polar surface area (TPSA) is 47.3 Å². The fraction of sp³-hybridized carbons (Fsp3) is 0.438. The van der Waals surface area contributed by atoms with E-state index >= 15 is 0 Å². The molecular weight excluding hydrogens is 252 g/mol. The van der Waals surface area contributed by atoms with Gasteiger partial charge in [0, 0.05) is 5.69 Å². The second-order valence-corrected chi connectivity index (χ2v) is 5.49. The Morgan fingerprint density at radius 2 is 2.10 bits per heavy atom. The van der Waals surface area contributed by atoms with E-state index in [9.17, 15) is 5.11 Å². The molecule has 1 N–H and O–H groups in total. The zero-order valence-electron chi connectivity index (χ0n) is 12.1. The molecule has 4 heteroatoms. The first-order valence-electron chi connectivity index (χ1n) is 6.98. The van der Waals surface area contributed by atoms with Crippen molar-refractivity contribution < 1.29 is 9.84 Å². The zero-order valence-corrected chi connectivity index (χ0v) is 12.1. The molecule has 0 fully saturated rings. The van der Waals surface area contributed by atoms with Crippen LogP contribution >= 0.6 is 0 Å². The first-order valence-corrected chi connectivity index (χ1v) is 6.98. The van der Waals surface area contributed by atoms with Crippen molar-refractivity contribution in [3.63, 3.8) is 0 Å². The van der Waals surface area contributed by atoms with E-state index in [0.717, 1.165) is 35.5 Å². The molecule has 0 saturated carbocycles. The Hall–Kier alpha value is -1.81. The molecule has 4 nitrogen and oxygen atoms in total. The maximum atomic E-state index is 10.7.